The second kappa shape index (κ2) is 8.59. The third-order valence-corrected chi connectivity index (χ3v) is 4.17. The van der Waals surface area contributed by atoms with Crippen molar-refractivity contribution in [1.29, 1.82) is 0 Å². The van der Waals surface area contributed by atoms with E-state index in [-0.39, 0.29) is 5.91 Å². The average molecular weight is 285 g/mol. The summed E-state index contributed by atoms with van der Waals surface area (Å²) in [4.78, 5) is 13.3. The summed E-state index contributed by atoms with van der Waals surface area (Å²) in [7, 11) is 0. The molecular formula is C14H23NOS2. The van der Waals surface area contributed by atoms with Gasteiger partial charge in [-0.05, 0) is 18.4 Å². The summed E-state index contributed by atoms with van der Waals surface area (Å²) < 4.78 is 0. The van der Waals surface area contributed by atoms with Crippen molar-refractivity contribution in [3.8, 4) is 0 Å². The lowest BCUT2D eigenvalue weighted by molar-refractivity contribution is 0.0957. The Kier molecular flexibility index (Phi) is 7.44. The highest BCUT2D eigenvalue weighted by Crippen LogP contribution is 2.17. The molecule has 102 valence electrons. The SMILES string of the molecule is CC(C)CCCCCCNC(=O)c1cc(S)cs1. The molecule has 0 saturated carbocycles. The molecule has 2 nitrogen and oxygen atoms in total. The van der Waals surface area contributed by atoms with E-state index in [1.807, 2.05) is 11.4 Å². The van der Waals surface area contributed by atoms with Crippen molar-refractivity contribution in [3.63, 3.8) is 0 Å². The molecule has 0 aromatic carbocycles. The van der Waals surface area contributed by atoms with E-state index in [1.165, 1.54) is 37.0 Å². The molecule has 1 rings (SSSR count). The number of hydrogen-bond donors (Lipinski definition) is 2. The molecule has 0 atom stereocenters. The summed E-state index contributed by atoms with van der Waals surface area (Å²) in [5, 5.41) is 4.83. The number of unbranched alkanes of at least 4 members (excludes halogenated alkanes) is 3. The quantitative estimate of drug-likeness (QED) is 0.539. The van der Waals surface area contributed by atoms with Gasteiger partial charge < -0.3 is 5.32 Å². The fourth-order valence-electron chi connectivity index (χ4n) is 1.77. The van der Waals surface area contributed by atoms with Gasteiger partial charge in [0.15, 0.2) is 0 Å². The molecule has 1 aromatic heterocycles. The molecule has 0 saturated heterocycles. The molecule has 0 radical (unpaired) electrons. The molecule has 0 aliphatic heterocycles. The summed E-state index contributed by atoms with van der Waals surface area (Å²) in [5.41, 5.74) is 0. The van der Waals surface area contributed by atoms with Gasteiger partial charge in [-0.3, -0.25) is 4.79 Å². The van der Waals surface area contributed by atoms with Crippen LogP contribution >= 0.6 is 24.0 Å². The molecule has 0 bridgehead atoms. The van der Waals surface area contributed by atoms with Gasteiger partial charge in [-0.15, -0.1) is 24.0 Å². The van der Waals surface area contributed by atoms with E-state index in [0.29, 0.717) is 0 Å². The van der Waals surface area contributed by atoms with Crippen LogP contribution in [-0.2, 0) is 0 Å². The smallest absolute Gasteiger partial charge is 0.261 e. The molecular weight excluding hydrogens is 262 g/mol. The molecule has 1 N–H and O–H groups in total. The van der Waals surface area contributed by atoms with Gasteiger partial charge in [0.1, 0.15) is 0 Å². The Labute approximate surface area is 120 Å². The Balaban J connectivity index is 2.03. The maximum absolute atomic E-state index is 11.7. The highest BCUT2D eigenvalue weighted by atomic mass is 32.1. The second-order valence-corrected chi connectivity index (χ2v) is 6.45. The Morgan fingerprint density at radius 2 is 2.06 bits per heavy atom. The third kappa shape index (κ3) is 6.45. The molecule has 18 heavy (non-hydrogen) atoms. The number of carbonyl (C=O) groups is 1. The van der Waals surface area contributed by atoms with E-state index in [1.54, 1.807) is 0 Å². The summed E-state index contributed by atoms with van der Waals surface area (Å²) in [6.07, 6.45) is 6.16. The topological polar surface area (TPSA) is 29.1 Å². The van der Waals surface area contributed by atoms with Crippen molar-refractivity contribution in [2.24, 2.45) is 5.92 Å². The molecule has 1 heterocycles. The van der Waals surface area contributed by atoms with Gasteiger partial charge in [0.2, 0.25) is 0 Å². The maximum atomic E-state index is 11.7. The Bertz CT molecular complexity index is 360. The Hall–Kier alpha value is -0.480. The van der Waals surface area contributed by atoms with Crippen LogP contribution in [0.15, 0.2) is 16.3 Å². The van der Waals surface area contributed by atoms with Crippen LogP contribution in [0.2, 0.25) is 0 Å². The highest BCUT2D eigenvalue weighted by Gasteiger charge is 2.06. The van der Waals surface area contributed by atoms with E-state index in [9.17, 15) is 4.79 Å². The largest absolute Gasteiger partial charge is 0.351 e. The van der Waals surface area contributed by atoms with Crippen molar-refractivity contribution in [3.05, 3.63) is 16.3 Å². The summed E-state index contributed by atoms with van der Waals surface area (Å²) >= 11 is 5.64. The first kappa shape index (κ1) is 15.6. The van der Waals surface area contributed by atoms with Crippen LogP contribution in [0.4, 0.5) is 0 Å². The summed E-state index contributed by atoms with van der Waals surface area (Å²) in [5.74, 6) is 0.835. The van der Waals surface area contributed by atoms with Gasteiger partial charge in [0, 0.05) is 16.8 Å². The lowest BCUT2D eigenvalue weighted by Crippen LogP contribution is -2.23. The zero-order valence-corrected chi connectivity index (χ0v) is 12.9. The zero-order chi connectivity index (χ0) is 13.4. The van der Waals surface area contributed by atoms with Crippen LogP contribution in [0, 0.1) is 5.92 Å². The first-order valence-corrected chi connectivity index (χ1v) is 7.98. The van der Waals surface area contributed by atoms with E-state index in [2.05, 4.69) is 31.8 Å². The summed E-state index contributed by atoms with van der Waals surface area (Å²) in [6, 6.07) is 1.81. The lowest BCUT2D eigenvalue weighted by atomic mass is 10.0. The Morgan fingerprint density at radius 3 is 2.67 bits per heavy atom. The number of amides is 1. The first-order valence-electron chi connectivity index (χ1n) is 6.65. The minimum Gasteiger partial charge on any atom is -0.351 e. The fraction of sp³-hybridized carbons (Fsp3) is 0.643. The zero-order valence-electron chi connectivity index (χ0n) is 11.2. The highest BCUT2D eigenvalue weighted by molar-refractivity contribution is 7.80. The predicted molar refractivity (Wildman–Crippen MR) is 81.8 cm³/mol. The van der Waals surface area contributed by atoms with Crippen LogP contribution in [-0.4, -0.2) is 12.5 Å². The minimum atomic E-state index is 0.0301. The number of rotatable bonds is 8. The number of thiophene rings is 1. The second-order valence-electron chi connectivity index (χ2n) is 5.02. The Morgan fingerprint density at radius 1 is 1.33 bits per heavy atom. The molecule has 1 aromatic rings. The van der Waals surface area contributed by atoms with Gasteiger partial charge in [-0.1, -0.05) is 39.5 Å². The fourth-order valence-corrected chi connectivity index (χ4v) is 2.83. The lowest BCUT2D eigenvalue weighted by Gasteiger charge is -2.05. The van der Waals surface area contributed by atoms with Crippen LogP contribution in [0.1, 0.15) is 55.6 Å². The van der Waals surface area contributed by atoms with E-state index in [4.69, 9.17) is 0 Å². The maximum Gasteiger partial charge on any atom is 0.261 e. The average Bonchev–Trinajstić information content (AvgIpc) is 2.74. The minimum absolute atomic E-state index is 0.0301. The van der Waals surface area contributed by atoms with Crippen molar-refractivity contribution in [1.82, 2.24) is 5.32 Å². The van der Waals surface area contributed by atoms with Gasteiger partial charge in [-0.25, -0.2) is 0 Å². The van der Waals surface area contributed by atoms with Crippen molar-refractivity contribution in [2.75, 3.05) is 6.54 Å². The predicted octanol–water partition coefficient (Wildman–Crippen LogP) is 4.37. The third-order valence-electron chi connectivity index (χ3n) is 2.80. The van der Waals surface area contributed by atoms with E-state index in [0.717, 1.165) is 28.7 Å². The normalized spacial score (nSPS) is 10.9. The van der Waals surface area contributed by atoms with Gasteiger partial charge in [-0.2, -0.15) is 0 Å². The molecule has 0 fully saturated rings. The molecule has 0 aliphatic rings. The monoisotopic (exact) mass is 285 g/mol. The standard InChI is InChI=1S/C14H23NOS2/c1-11(2)7-5-3-4-6-8-15-14(16)13-9-12(17)10-18-13/h9-11,17H,3-8H2,1-2H3,(H,15,16). The molecule has 4 heteroatoms. The number of hydrogen-bond acceptors (Lipinski definition) is 3. The van der Waals surface area contributed by atoms with E-state index >= 15 is 0 Å². The van der Waals surface area contributed by atoms with E-state index < -0.39 is 0 Å². The molecule has 0 aliphatic carbocycles. The first-order chi connectivity index (χ1) is 8.59. The van der Waals surface area contributed by atoms with Crippen LogP contribution in [0.3, 0.4) is 0 Å². The number of nitrogens with one attached hydrogen (secondary N) is 1. The van der Waals surface area contributed by atoms with Crippen molar-refractivity contribution >= 4 is 29.9 Å². The molecule has 0 spiro atoms. The van der Waals surface area contributed by atoms with Crippen LogP contribution < -0.4 is 5.32 Å². The number of thiol groups is 1. The van der Waals surface area contributed by atoms with Gasteiger partial charge in [0.25, 0.3) is 5.91 Å². The molecule has 0 unspecified atom stereocenters. The van der Waals surface area contributed by atoms with Crippen LogP contribution in [0.5, 0.6) is 0 Å². The molecule has 1 amide bonds. The number of carbonyl (C=O) groups excluding carboxylic acids is 1. The van der Waals surface area contributed by atoms with Crippen molar-refractivity contribution in [2.45, 2.75) is 50.8 Å². The van der Waals surface area contributed by atoms with Crippen LogP contribution in [0.25, 0.3) is 0 Å². The van der Waals surface area contributed by atoms with Gasteiger partial charge in [0.05, 0.1) is 4.88 Å². The van der Waals surface area contributed by atoms with Crippen molar-refractivity contribution < 1.29 is 4.79 Å². The summed E-state index contributed by atoms with van der Waals surface area (Å²) in [6.45, 7) is 5.30. The van der Waals surface area contributed by atoms with Gasteiger partial charge >= 0.3 is 0 Å².